The van der Waals surface area contributed by atoms with Gasteiger partial charge in [0.25, 0.3) is 0 Å². The maximum Gasteiger partial charge on any atom is 0.326 e. The van der Waals surface area contributed by atoms with Crippen LogP contribution in [-0.2, 0) is 19.9 Å². The Kier molecular flexibility index (Phi) is 10.7. The lowest BCUT2D eigenvalue weighted by molar-refractivity contribution is -0.155. The molecular formula is C40H47ClN2O4. The van der Waals surface area contributed by atoms with Crippen molar-refractivity contribution in [2.45, 2.75) is 83.8 Å². The Hall–Kier alpha value is -3.74. The molecule has 0 aliphatic heterocycles. The number of esters is 1. The molecule has 2 unspecified atom stereocenters. The molecule has 248 valence electrons. The highest BCUT2D eigenvalue weighted by atomic mass is 35.5. The minimum absolute atomic E-state index is 0.0266. The number of likely N-dealkylation sites (N-methyl/N-ethyl adjacent to an activating group) is 1. The van der Waals surface area contributed by atoms with Crippen molar-refractivity contribution in [2.24, 2.45) is 16.3 Å². The van der Waals surface area contributed by atoms with Gasteiger partial charge in [0, 0.05) is 40.3 Å². The lowest BCUT2D eigenvalue weighted by Crippen LogP contribution is -2.45. The first-order valence-electron chi connectivity index (χ1n) is 16.7. The molecule has 5 rings (SSSR count). The number of benzene rings is 3. The van der Waals surface area contributed by atoms with Crippen LogP contribution in [0.15, 0.2) is 95.2 Å². The van der Waals surface area contributed by atoms with E-state index in [1.165, 1.54) is 24.8 Å². The summed E-state index contributed by atoms with van der Waals surface area (Å²) in [6.07, 6.45) is 4.84. The van der Waals surface area contributed by atoms with Crippen molar-refractivity contribution in [3.63, 3.8) is 0 Å². The van der Waals surface area contributed by atoms with Crippen molar-refractivity contribution < 1.29 is 19.4 Å². The van der Waals surface area contributed by atoms with Gasteiger partial charge in [-0.05, 0) is 55.2 Å². The standard InChI is InChI=1S/C40H47ClN2O4/c1-26(2)22-33(37-35(44)23-39(3,4)24-36(37)45)43-25-34(42-5)38(46)47-40(29-14-7-6-8-15-29,31-16-9-10-17-32(31)41)30-20-18-28(19-21-30)27-12-11-13-27/h6-10,14-21,26-27,34,42,44H,11-13,22-25H2,1-5H3. The van der Waals surface area contributed by atoms with Gasteiger partial charge >= 0.3 is 5.97 Å². The average molecular weight is 655 g/mol. The Morgan fingerprint density at radius 2 is 1.64 bits per heavy atom. The minimum Gasteiger partial charge on any atom is -0.511 e. The summed E-state index contributed by atoms with van der Waals surface area (Å²) in [5, 5.41) is 14.6. The van der Waals surface area contributed by atoms with Crippen LogP contribution < -0.4 is 5.32 Å². The third kappa shape index (κ3) is 7.55. The van der Waals surface area contributed by atoms with E-state index in [-0.39, 0.29) is 29.4 Å². The van der Waals surface area contributed by atoms with Gasteiger partial charge in [-0.15, -0.1) is 0 Å². The Morgan fingerprint density at radius 1 is 1.00 bits per heavy atom. The molecule has 2 atom stereocenters. The third-order valence-corrected chi connectivity index (χ3v) is 9.75. The summed E-state index contributed by atoms with van der Waals surface area (Å²) in [7, 11) is 1.70. The number of aliphatic hydroxyl groups is 1. The molecule has 3 aromatic rings. The van der Waals surface area contributed by atoms with E-state index in [0.717, 1.165) is 11.1 Å². The van der Waals surface area contributed by atoms with E-state index in [1.807, 2.05) is 82.3 Å². The molecule has 6 nitrogen and oxygen atoms in total. The number of rotatable bonds is 12. The summed E-state index contributed by atoms with van der Waals surface area (Å²) >= 11 is 6.91. The zero-order chi connectivity index (χ0) is 33.8. The molecule has 2 aliphatic carbocycles. The Balaban J connectivity index is 1.56. The van der Waals surface area contributed by atoms with E-state index in [9.17, 15) is 14.7 Å². The molecule has 0 bridgehead atoms. The van der Waals surface area contributed by atoms with Gasteiger partial charge in [0.15, 0.2) is 11.4 Å². The van der Waals surface area contributed by atoms with Crippen LogP contribution in [0.3, 0.4) is 0 Å². The summed E-state index contributed by atoms with van der Waals surface area (Å²) in [6, 6.07) is 24.7. The highest BCUT2D eigenvalue weighted by Crippen LogP contribution is 2.45. The Morgan fingerprint density at radius 3 is 2.21 bits per heavy atom. The number of nitrogens with zero attached hydrogens (tertiary/aromatic N) is 1. The zero-order valence-corrected chi connectivity index (χ0v) is 28.9. The van der Waals surface area contributed by atoms with Gasteiger partial charge in [0.05, 0.1) is 12.1 Å². The van der Waals surface area contributed by atoms with E-state index in [2.05, 4.69) is 29.6 Å². The quantitative estimate of drug-likeness (QED) is 0.116. The number of aliphatic imine (C=N–C) groups is 1. The highest BCUT2D eigenvalue weighted by molar-refractivity contribution is 6.31. The van der Waals surface area contributed by atoms with Gasteiger partial charge in [-0.3, -0.25) is 14.6 Å². The van der Waals surface area contributed by atoms with Crippen LogP contribution in [0.25, 0.3) is 0 Å². The van der Waals surface area contributed by atoms with Crippen molar-refractivity contribution in [1.29, 1.82) is 0 Å². The summed E-state index contributed by atoms with van der Waals surface area (Å²) in [5.74, 6) is 0.184. The van der Waals surface area contributed by atoms with Crippen LogP contribution in [-0.4, -0.2) is 42.2 Å². The number of allylic oxidation sites excluding steroid dienone is 2. The number of Topliss-reactive ketones (excluding diaryl/α,β-unsaturated/α-hetero) is 1. The predicted octanol–water partition coefficient (Wildman–Crippen LogP) is 8.72. The molecule has 0 saturated heterocycles. The van der Waals surface area contributed by atoms with Crippen molar-refractivity contribution in [3.8, 4) is 0 Å². The Bertz CT molecular complexity index is 1640. The first-order chi connectivity index (χ1) is 22.4. The summed E-state index contributed by atoms with van der Waals surface area (Å²) in [4.78, 5) is 32.4. The van der Waals surface area contributed by atoms with Crippen LogP contribution in [0, 0.1) is 11.3 Å². The van der Waals surface area contributed by atoms with Gasteiger partial charge in [-0.25, -0.2) is 0 Å². The number of ether oxygens (including phenoxy) is 1. The highest BCUT2D eigenvalue weighted by Gasteiger charge is 2.43. The maximum absolute atomic E-state index is 14.4. The van der Waals surface area contributed by atoms with E-state index in [1.54, 1.807) is 7.05 Å². The minimum atomic E-state index is -1.35. The first-order valence-corrected chi connectivity index (χ1v) is 17.1. The topological polar surface area (TPSA) is 88.0 Å². The summed E-state index contributed by atoms with van der Waals surface area (Å²) in [5.41, 5.74) is 2.65. The fourth-order valence-electron chi connectivity index (χ4n) is 6.76. The van der Waals surface area contributed by atoms with Crippen molar-refractivity contribution in [1.82, 2.24) is 5.32 Å². The predicted molar refractivity (Wildman–Crippen MR) is 189 cm³/mol. The van der Waals surface area contributed by atoms with E-state index in [4.69, 9.17) is 21.3 Å². The molecule has 7 heteroatoms. The number of halogens is 1. The maximum atomic E-state index is 14.4. The second-order valence-electron chi connectivity index (χ2n) is 14.2. The van der Waals surface area contributed by atoms with Gasteiger partial charge in [-0.1, -0.05) is 119 Å². The van der Waals surface area contributed by atoms with Gasteiger partial charge in [0.2, 0.25) is 0 Å². The van der Waals surface area contributed by atoms with Crippen LogP contribution in [0.4, 0.5) is 0 Å². The van der Waals surface area contributed by atoms with Crippen LogP contribution in [0.1, 0.15) is 94.4 Å². The monoisotopic (exact) mass is 654 g/mol. The van der Waals surface area contributed by atoms with Gasteiger partial charge in [0.1, 0.15) is 11.8 Å². The lowest BCUT2D eigenvalue weighted by Gasteiger charge is -2.37. The second kappa shape index (κ2) is 14.6. The van der Waals surface area contributed by atoms with Crippen molar-refractivity contribution in [2.75, 3.05) is 13.6 Å². The van der Waals surface area contributed by atoms with Crippen LogP contribution in [0.2, 0.25) is 5.02 Å². The first kappa shape index (κ1) is 34.6. The van der Waals surface area contributed by atoms with Crippen LogP contribution >= 0.6 is 11.6 Å². The lowest BCUT2D eigenvalue weighted by atomic mass is 9.75. The number of nitrogens with one attached hydrogen (secondary N) is 1. The average Bonchev–Trinajstić information content (AvgIpc) is 2.99. The van der Waals surface area contributed by atoms with Gasteiger partial charge in [-0.2, -0.15) is 0 Å². The summed E-state index contributed by atoms with van der Waals surface area (Å²) in [6.45, 7) is 8.06. The molecule has 47 heavy (non-hydrogen) atoms. The largest absolute Gasteiger partial charge is 0.511 e. The summed E-state index contributed by atoms with van der Waals surface area (Å²) < 4.78 is 6.72. The number of carbonyl (C=O) groups is 2. The molecule has 1 fully saturated rings. The fraction of sp³-hybridized carbons (Fsp3) is 0.425. The van der Waals surface area contributed by atoms with Crippen molar-refractivity contribution in [3.05, 3.63) is 117 Å². The van der Waals surface area contributed by atoms with E-state index >= 15 is 0 Å². The SMILES string of the molecule is CNC(CN=C(CC(C)C)C1=C(O)CC(C)(C)CC1=O)C(=O)OC(c1ccccc1)(c1ccc(C2CCC2)cc1)c1ccccc1Cl. The fourth-order valence-corrected chi connectivity index (χ4v) is 7.03. The van der Waals surface area contributed by atoms with E-state index in [0.29, 0.717) is 47.1 Å². The van der Waals surface area contributed by atoms with Crippen LogP contribution in [0.5, 0.6) is 0 Å². The van der Waals surface area contributed by atoms with E-state index < -0.39 is 17.6 Å². The third-order valence-electron chi connectivity index (χ3n) is 9.42. The number of hydrogen-bond acceptors (Lipinski definition) is 6. The molecule has 0 radical (unpaired) electrons. The second-order valence-corrected chi connectivity index (χ2v) is 14.6. The van der Waals surface area contributed by atoms with Crippen molar-refractivity contribution >= 4 is 29.1 Å². The molecule has 0 spiro atoms. The number of ketones is 1. The zero-order valence-electron chi connectivity index (χ0n) is 28.2. The number of carbonyl (C=O) groups excluding carboxylic acids is 2. The molecule has 2 N–H and O–H groups in total. The smallest absolute Gasteiger partial charge is 0.326 e. The normalized spacial score (nSPS) is 18.9. The molecule has 0 aromatic heterocycles. The molecular weight excluding hydrogens is 608 g/mol. The molecule has 1 saturated carbocycles. The number of aliphatic hydroxyl groups excluding tert-OH is 1. The van der Waals surface area contributed by atoms with Gasteiger partial charge < -0.3 is 15.2 Å². The molecule has 0 amide bonds. The molecule has 0 heterocycles. The molecule has 2 aliphatic rings. The number of hydrogen-bond donors (Lipinski definition) is 2. The Labute approximate surface area is 284 Å². The molecule has 3 aromatic carbocycles.